The fraction of sp³-hybridized carbons (Fsp3) is 0.154. The molecular formula is C13H14FNO. The molecular weight excluding hydrogens is 205 g/mol. The van der Waals surface area contributed by atoms with Gasteiger partial charge in [0.15, 0.2) is 0 Å². The van der Waals surface area contributed by atoms with Gasteiger partial charge in [0.25, 0.3) is 0 Å². The van der Waals surface area contributed by atoms with Gasteiger partial charge in [-0.2, -0.15) is 0 Å². The molecule has 3 heteroatoms. The molecule has 0 bridgehead atoms. The molecule has 0 spiro atoms. The average Bonchev–Trinajstić information content (AvgIpc) is 2.26. The Bertz CT molecular complexity index is 408. The average molecular weight is 219 g/mol. The number of carbonyl (C=O) groups excluding carboxylic acids is 1. The minimum Gasteiger partial charge on any atom is -0.345 e. The lowest BCUT2D eigenvalue weighted by Crippen LogP contribution is -2.26. The molecule has 16 heavy (non-hydrogen) atoms. The van der Waals surface area contributed by atoms with Crippen LogP contribution in [-0.2, 0) is 4.79 Å². The van der Waals surface area contributed by atoms with Crippen LogP contribution < -0.4 is 5.32 Å². The maximum atomic E-state index is 12.8. The number of nitrogens with one attached hydrogen (secondary N) is 1. The molecule has 84 valence electrons. The molecule has 0 aliphatic rings. The van der Waals surface area contributed by atoms with Gasteiger partial charge in [-0.05, 0) is 23.3 Å². The summed E-state index contributed by atoms with van der Waals surface area (Å²) < 4.78 is 12.8. The number of carbonyl (C=O) groups is 1. The van der Waals surface area contributed by atoms with Crippen molar-refractivity contribution in [1.29, 1.82) is 0 Å². The monoisotopic (exact) mass is 219 g/mol. The van der Waals surface area contributed by atoms with Crippen molar-refractivity contribution in [3.8, 4) is 0 Å². The van der Waals surface area contributed by atoms with Crippen molar-refractivity contribution in [1.82, 2.24) is 5.32 Å². The summed E-state index contributed by atoms with van der Waals surface area (Å²) in [6, 6.07) is 5.58. The smallest absolute Gasteiger partial charge is 0.217 e. The lowest BCUT2D eigenvalue weighted by atomic mass is 10.00. The Balaban J connectivity index is 3.00. The number of hydrogen-bond donors (Lipinski definition) is 1. The number of amides is 1. The first-order valence-corrected chi connectivity index (χ1v) is 4.88. The zero-order chi connectivity index (χ0) is 12.1. The van der Waals surface area contributed by atoms with Gasteiger partial charge in [0, 0.05) is 6.92 Å². The fourth-order valence-electron chi connectivity index (χ4n) is 1.37. The summed E-state index contributed by atoms with van der Waals surface area (Å²) in [7, 11) is 0. The molecule has 0 saturated carbocycles. The Morgan fingerprint density at radius 1 is 1.44 bits per heavy atom. The van der Waals surface area contributed by atoms with Crippen LogP contribution in [0, 0.1) is 5.82 Å². The molecule has 1 rings (SSSR count). The molecule has 0 fully saturated rings. The third-order valence-electron chi connectivity index (χ3n) is 2.18. The van der Waals surface area contributed by atoms with Gasteiger partial charge in [0.05, 0.1) is 6.04 Å². The second-order valence-corrected chi connectivity index (χ2v) is 3.46. The van der Waals surface area contributed by atoms with E-state index in [2.05, 4.69) is 18.5 Å². The molecule has 0 aromatic heterocycles. The van der Waals surface area contributed by atoms with E-state index in [0.717, 1.165) is 5.56 Å². The topological polar surface area (TPSA) is 29.1 Å². The van der Waals surface area contributed by atoms with Crippen LogP contribution in [0.2, 0.25) is 0 Å². The molecule has 0 heterocycles. The minimum absolute atomic E-state index is 0.169. The molecule has 0 aliphatic carbocycles. The van der Waals surface area contributed by atoms with Crippen LogP contribution >= 0.6 is 0 Å². The molecule has 1 atom stereocenters. The van der Waals surface area contributed by atoms with E-state index in [1.54, 1.807) is 18.2 Å². The van der Waals surface area contributed by atoms with Crippen LogP contribution in [0.3, 0.4) is 0 Å². The van der Waals surface area contributed by atoms with E-state index in [4.69, 9.17) is 0 Å². The largest absolute Gasteiger partial charge is 0.345 e. The van der Waals surface area contributed by atoms with Gasteiger partial charge in [-0.3, -0.25) is 4.79 Å². The van der Waals surface area contributed by atoms with Crippen molar-refractivity contribution in [2.45, 2.75) is 13.0 Å². The highest BCUT2D eigenvalue weighted by Crippen LogP contribution is 2.21. The maximum Gasteiger partial charge on any atom is 0.217 e. The zero-order valence-corrected chi connectivity index (χ0v) is 9.16. The van der Waals surface area contributed by atoms with Crippen LogP contribution in [0.1, 0.15) is 18.5 Å². The molecule has 1 aromatic rings. The summed E-state index contributed by atoms with van der Waals surface area (Å²) in [4.78, 5) is 11.1. The number of rotatable bonds is 4. The standard InChI is InChI=1S/C13H14FNO/c1-4-9(2)13(15-10(3)16)11-5-7-12(14)8-6-11/h4-8,13H,1-2H2,3H3,(H,15,16)/t13-/m1/s1. The lowest BCUT2D eigenvalue weighted by Gasteiger charge is -2.18. The molecule has 2 nitrogen and oxygen atoms in total. The Labute approximate surface area is 94.5 Å². The highest BCUT2D eigenvalue weighted by Gasteiger charge is 2.13. The van der Waals surface area contributed by atoms with Crippen LogP contribution in [0.25, 0.3) is 0 Å². The van der Waals surface area contributed by atoms with Gasteiger partial charge in [0.1, 0.15) is 5.82 Å². The third-order valence-corrected chi connectivity index (χ3v) is 2.18. The Hall–Kier alpha value is -1.90. The van der Waals surface area contributed by atoms with E-state index in [1.807, 2.05) is 0 Å². The first-order chi connectivity index (χ1) is 7.54. The van der Waals surface area contributed by atoms with Crippen molar-refractivity contribution in [2.75, 3.05) is 0 Å². The van der Waals surface area contributed by atoms with E-state index in [0.29, 0.717) is 5.57 Å². The molecule has 0 unspecified atom stereocenters. The Morgan fingerprint density at radius 3 is 2.44 bits per heavy atom. The zero-order valence-electron chi connectivity index (χ0n) is 9.16. The van der Waals surface area contributed by atoms with Crippen LogP contribution in [-0.4, -0.2) is 5.91 Å². The van der Waals surface area contributed by atoms with Crippen molar-refractivity contribution < 1.29 is 9.18 Å². The van der Waals surface area contributed by atoms with E-state index in [-0.39, 0.29) is 17.8 Å². The summed E-state index contributed by atoms with van der Waals surface area (Å²) in [6.07, 6.45) is 1.57. The second kappa shape index (κ2) is 5.26. The van der Waals surface area contributed by atoms with E-state index >= 15 is 0 Å². The Kier molecular flexibility index (Phi) is 4.00. The predicted octanol–water partition coefficient (Wildman–Crippen LogP) is 2.75. The van der Waals surface area contributed by atoms with Crippen LogP contribution in [0.4, 0.5) is 4.39 Å². The first-order valence-electron chi connectivity index (χ1n) is 4.88. The van der Waals surface area contributed by atoms with Crippen LogP contribution in [0.5, 0.6) is 0 Å². The van der Waals surface area contributed by atoms with E-state index in [1.165, 1.54) is 19.1 Å². The fourth-order valence-corrected chi connectivity index (χ4v) is 1.37. The van der Waals surface area contributed by atoms with Gasteiger partial charge in [0.2, 0.25) is 5.91 Å². The molecule has 1 N–H and O–H groups in total. The lowest BCUT2D eigenvalue weighted by molar-refractivity contribution is -0.119. The molecule has 0 saturated heterocycles. The summed E-state index contributed by atoms with van der Waals surface area (Å²) >= 11 is 0. The Morgan fingerprint density at radius 2 is 2.00 bits per heavy atom. The van der Waals surface area contributed by atoms with Gasteiger partial charge < -0.3 is 5.32 Å². The molecule has 1 amide bonds. The second-order valence-electron chi connectivity index (χ2n) is 3.46. The van der Waals surface area contributed by atoms with E-state index < -0.39 is 0 Å². The number of halogens is 1. The predicted molar refractivity (Wildman–Crippen MR) is 62.3 cm³/mol. The summed E-state index contributed by atoms with van der Waals surface area (Å²) in [5.74, 6) is -0.480. The highest BCUT2D eigenvalue weighted by atomic mass is 19.1. The third kappa shape index (κ3) is 3.05. The SMILES string of the molecule is C=CC(=C)[C@@H](NC(C)=O)c1ccc(F)cc1. The van der Waals surface area contributed by atoms with Gasteiger partial charge >= 0.3 is 0 Å². The minimum atomic E-state index is -0.351. The van der Waals surface area contributed by atoms with Crippen molar-refractivity contribution in [3.05, 3.63) is 60.5 Å². The van der Waals surface area contributed by atoms with Crippen LogP contribution in [0.15, 0.2) is 49.1 Å². The van der Waals surface area contributed by atoms with Crippen molar-refractivity contribution in [3.63, 3.8) is 0 Å². The van der Waals surface area contributed by atoms with Gasteiger partial charge in [-0.15, -0.1) is 0 Å². The molecule has 0 radical (unpaired) electrons. The number of hydrogen-bond acceptors (Lipinski definition) is 1. The first kappa shape index (κ1) is 12.2. The van der Waals surface area contributed by atoms with Crippen molar-refractivity contribution >= 4 is 5.91 Å². The quantitative estimate of drug-likeness (QED) is 0.775. The maximum absolute atomic E-state index is 12.8. The van der Waals surface area contributed by atoms with E-state index in [9.17, 15) is 9.18 Å². The van der Waals surface area contributed by atoms with Crippen molar-refractivity contribution in [2.24, 2.45) is 0 Å². The summed E-state index contributed by atoms with van der Waals surface area (Å²) in [6.45, 7) is 8.83. The normalized spacial score (nSPS) is 11.6. The highest BCUT2D eigenvalue weighted by molar-refractivity contribution is 5.74. The molecule has 1 aromatic carbocycles. The summed E-state index contributed by atoms with van der Waals surface area (Å²) in [5.41, 5.74) is 1.45. The molecule has 0 aliphatic heterocycles. The van der Waals surface area contributed by atoms with Gasteiger partial charge in [-0.1, -0.05) is 31.4 Å². The number of benzene rings is 1. The summed E-state index contributed by atoms with van der Waals surface area (Å²) in [5, 5.41) is 2.73. The van der Waals surface area contributed by atoms with Gasteiger partial charge in [-0.25, -0.2) is 4.39 Å².